The fraction of sp³-hybridized carbons (Fsp3) is 0.500. The SMILES string of the molecule is CC#Cc1nnc(CCCN)o1. The maximum atomic E-state index is 5.32. The first-order chi connectivity index (χ1) is 5.86. The number of aryl methyl sites for hydroxylation is 1. The van der Waals surface area contributed by atoms with Crippen LogP contribution in [0, 0.1) is 11.8 Å². The second-order valence-corrected chi connectivity index (χ2v) is 2.27. The van der Waals surface area contributed by atoms with Crippen LogP contribution in [-0.2, 0) is 6.42 Å². The quantitative estimate of drug-likeness (QED) is 0.655. The predicted molar refractivity (Wildman–Crippen MR) is 44.2 cm³/mol. The molecule has 0 aromatic carbocycles. The van der Waals surface area contributed by atoms with E-state index in [4.69, 9.17) is 10.2 Å². The second-order valence-electron chi connectivity index (χ2n) is 2.27. The van der Waals surface area contributed by atoms with Gasteiger partial charge in [-0.3, -0.25) is 0 Å². The van der Waals surface area contributed by atoms with Gasteiger partial charge >= 0.3 is 0 Å². The van der Waals surface area contributed by atoms with Gasteiger partial charge in [0.05, 0.1) is 0 Å². The summed E-state index contributed by atoms with van der Waals surface area (Å²) >= 11 is 0. The van der Waals surface area contributed by atoms with Gasteiger partial charge in [0.2, 0.25) is 5.89 Å². The van der Waals surface area contributed by atoms with Crippen molar-refractivity contribution in [2.75, 3.05) is 6.54 Å². The minimum Gasteiger partial charge on any atom is -0.415 e. The largest absolute Gasteiger partial charge is 0.415 e. The third-order valence-corrected chi connectivity index (χ3v) is 1.29. The summed E-state index contributed by atoms with van der Waals surface area (Å²) in [6.45, 7) is 2.36. The lowest BCUT2D eigenvalue weighted by Crippen LogP contribution is -2.00. The van der Waals surface area contributed by atoms with Crippen molar-refractivity contribution in [2.45, 2.75) is 19.8 Å². The zero-order valence-corrected chi connectivity index (χ0v) is 7.00. The van der Waals surface area contributed by atoms with Gasteiger partial charge in [0, 0.05) is 6.42 Å². The second kappa shape index (κ2) is 4.52. The van der Waals surface area contributed by atoms with Gasteiger partial charge < -0.3 is 10.2 Å². The van der Waals surface area contributed by atoms with Crippen LogP contribution in [0.5, 0.6) is 0 Å². The van der Waals surface area contributed by atoms with Crippen LogP contribution in [0.4, 0.5) is 0 Å². The number of hydrogen-bond acceptors (Lipinski definition) is 4. The summed E-state index contributed by atoms with van der Waals surface area (Å²) in [6.07, 6.45) is 1.59. The van der Waals surface area contributed by atoms with E-state index in [0.717, 1.165) is 12.8 Å². The molecule has 0 unspecified atom stereocenters. The molecule has 1 aromatic heterocycles. The molecule has 1 heterocycles. The zero-order valence-electron chi connectivity index (χ0n) is 7.00. The maximum Gasteiger partial charge on any atom is 0.293 e. The molecule has 0 saturated heterocycles. The van der Waals surface area contributed by atoms with Crippen molar-refractivity contribution >= 4 is 0 Å². The lowest BCUT2D eigenvalue weighted by Gasteiger charge is -1.88. The number of nitrogens with two attached hydrogens (primary N) is 1. The average molecular weight is 165 g/mol. The molecule has 1 rings (SSSR count). The van der Waals surface area contributed by atoms with Crippen molar-refractivity contribution in [2.24, 2.45) is 5.73 Å². The van der Waals surface area contributed by atoms with E-state index in [1.54, 1.807) is 6.92 Å². The molecule has 0 amide bonds. The molecule has 0 aliphatic carbocycles. The number of nitrogens with zero attached hydrogens (tertiary/aromatic N) is 2. The van der Waals surface area contributed by atoms with Gasteiger partial charge in [0.1, 0.15) is 0 Å². The summed E-state index contributed by atoms with van der Waals surface area (Å²) in [6, 6.07) is 0. The highest BCUT2D eigenvalue weighted by atomic mass is 16.4. The summed E-state index contributed by atoms with van der Waals surface area (Å²) in [7, 11) is 0. The van der Waals surface area contributed by atoms with Crippen LogP contribution < -0.4 is 5.73 Å². The smallest absolute Gasteiger partial charge is 0.293 e. The number of hydrogen-bond donors (Lipinski definition) is 1. The van der Waals surface area contributed by atoms with E-state index in [9.17, 15) is 0 Å². The molecule has 0 aliphatic rings. The first-order valence-corrected chi connectivity index (χ1v) is 3.82. The number of rotatable bonds is 3. The standard InChI is InChI=1S/C8H11N3O/c1-2-4-7-10-11-8(12-7)5-3-6-9/h3,5-6,9H2,1H3. The number of aromatic nitrogens is 2. The topological polar surface area (TPSA) is 64.9 Å². The molecule has 0 spiro atoms. The van der Waals surface area contributed by atoms with Crippen LogP contribution in [-0.4, -0.2) is 16.7 Å². The minimum absolute atomic E-state index is 0.379. The Morgan fingerprint density at radius 2 is 2.33 bits per heavy atom. The van der Waals surface area contributed by atoms with E-state index in [1.807, 2.05) is 0 Å². The van der Waals surface area contributed by atoms with Crippen molar-refractivity contribution in [1.29, 1.82) is 0 Å². The van der Waals surface area contributed by atoms with E-state index in [1.165, 1.54) is 0 Å². The van der Waals surface area contributed by atoms with Crippen LogP contribution in [0.3, 0.4) is 0 Å². The summed E-state index contributed by atoms with van der Waals surface area (Å²) in [5.41, 5.74) is 5.32. The van der Waals surface area contributed by atoms with Gasteiger partial charge in [-0.15, -0.1) is 5.10 Å². The molecular formula is C8H11N3O. The Morgan fingerprint density at radius 3 is 3.00 bits per heavy atom. The molecular weight excluding hydrogens is 154 g/mol. The predicted octanol–water partition coefficient (Wildman–Crippen LogP) is 0.332. The summed E-state index contributed by atoms with van der Waals surface area (Å²) in [4.78, 5) is 0. The molecule has 0 fully saturated rings. The lowest BCUT2D eigenvalue weighted by atomic mass is 10.3. The maximum absolute atomic E-state index is 5.32. The van der Waals surface area contributed by atoms with E-state index in [2.05, 4.69) is 22.0 Å². The Labute approximate surface area is 71.2 Å². The fourth-order valence-corrected chi connectivity index (χ4v) is 0.765. The summed E-state index contributed by atoms with van der Waals surface area (Å²) < 4.78 is 5.17. The van der Waals surface area contributed by atoms with Crippen molar-refractivity contribution in [3.8, 4) is 11.8 Å². The minimum atomic E-state index is 0.379. The van der Waals surface area contributed by atoms with Gasteiger partial charge in [-0.05, 0) is 25.8 Å². The van der Waals surface area contributed by atoms with E-state index < -0.39 is 0 Å². The van der Waals surface area contributed by atoms with Gasteiger partial charge in [-0.25, -0.2) is 0 Å². The molecule has 0 aliphatic heterocycles. The van der Waals surface area contributed by atoms with Crippen LogP contribution >= 0.6 is 0 Å². The molecule has 64 valence electrons. The van der Waals surface area contributed by atoms with Crippen molar-refractivity contribution in [3.05, 3.63) is 11.8 Å². The molecule has 0 bridgehead atoms. The van der Waals surface area contributed by atoms with Gasteiger partial charge in [0.25, 0.3) is 5.89 Å². The summed E-state index contributed by atoms with van der Waals surface area (Å²) in [5.74, 6) is 6.35. The third kappa shape index (κ3) is 2.36. The normalized spacial score (nSPS) is 9.17. The van der Waals surface area contributed by atoms with Crippen molar-refractivity contribution in [1.82, 2.24) is 10.2 Å². The Hall–Kier alpha value is -1.34. The molecule has 4 nitrogen and oxygen atoms in total. The molecule has 4 heteroatoms. The molecule has 12 heavy (non-hydrogen) atoms. The van der Waals surface area contributed by atoms with Gasteiger partial charge in [0.15, 0.2) is 0 Å². The highest BCUT2D eigenvalue weighted by molar-refractivity contribution is 5.14. The summed E-state index contributed by atoms with van der Waals surface area (Å²) in [5, 5.41) is 7.53. The monoisotopic (exact) mass is 165 g/mol. The average Bonchev–Trinajstić information content (AvgIpc) is 2.50. The zero-order chi connectivity index (χ0) is 8.81. The first kappa shape index (κ1) is 8.75. The van der Waals surface area contributed by atoms with Crippen LogP contribution in [0.15, 0.2) is 4.42 Å². The van der Waals surface area contributed by atoms with E-state index in [0.29, 0.717) is 18.3 Å². The Bertz CT molecular complexity index is 295. The Balaban J connectivity index is 2.56. The van der Waals surface area contributed by atoms with Gasteiger partial charge in [-0.1, -0.05) is 11.0 Å². The Morgan fingerprint density at radius 1 is 1.50 bits per heavy atom. The lowest BCUT2D eigenvalue weighted by molar-refractivity contribution is 0.477. The molecule has 2 N–H and O–H groups in total. The fourth-order valence-electron chi connectivity index (χ4n) is 0.765. The highest BCUT2D eigenvalue weighted by Gasteiger charge is 2.01. The molecule has 0 radical (unpaired) electrons. The van der Waals surface area contributed by atoms with Crippen LogP contribution in [0.25, 0.3) is 0 Å². The van der Waals surface area contributed by atoms with Gasteiger partial charge in [-0.2, -0.15) is 0 Å². The Kier molecular flexibility index (Phi) is 3.30. The first-order valence-electron chi connectivity index (χ1n) is 3.82. The molecule has 0 saturated carbocycles. The molecule has 1 aromatic rings. The van der Waals surface area contributed by atoms with Crippen LogP contribution in [0.2, 0.25) is 0 Å². The highest BCUT2D eigenvalue weighted by Crippen LogP contribution is 2.00. The third-order valence-electron chi connectivity index (χ3n) is 1.29. The van der Waals surface area contributed by atoms with E-state index in [-0.39, 0.29) is 0 Å². The van der Waals surface area contributed by atoms with Crippen molar-refractivity contribution < 1.29 is 4.42 Å². The van der Waals surface area contributed by atoms with Crippen molar-refractivity contribution in [3.63, 3.8) is 0 Å². The van der Waals surface area contributed by atoms with E-state index >= 15 is 0 Å². The van der Waals surface area contributed by atoms with Crippen LogP contribution in [0.1, 0.15) is 25.1 Å². The molecule has 0 atom stereocenters.